The number of piperidine rings is 1. The third-order valence-electron chi connectivity index (χ3n) is 3.52. The van der Waals surface area contributed by atoms with Crippen molar-refractivity contribution < 1.29 is 0 Å². The van der Waals surface area contributed by atoms with Crippen molar-refractivity contribution >= 4 is 0 Å². The van der Waals surface area contributed by atoms with Crippen molar-refractivity contribution in [2.45, 2.75) is 59.9 Å². The molecule has 1 fully saturated rings. The van der Waals surface area contributed by atoms with E-state index in [0.717, 1.165) is 26.1 Å². The first kappa shape index (κ1) is 19.1. The molecule has 20 heavy (non-hydrogen) atoms. The second-order valence-corrected chi connectivity index (χ2v) is 4.96. The smallest absolute Gasteiger partial charge is 0.0174 e. The molecule has 2 N–H and O–H groups in total. The summed E-state index contributed by atoms with van der Waals surface area (Å²) >= 11 is 0. The lowest BCUT2D eigenvalue weighted by Gasteiger charge is -2.36. The molecular formula is C18H34N2. The van der Waals surface area contributed by atoms with Gasteiger partial charge in [0.25, 0.3) is 0 Å². The molecule has 1 aliphatic heterocycles. The highest BCUT2D eigenvalue weighted by Gasteiger charge is 2.25. The van der Waals surface area contributed by atoms with E-state index in [4.69, 9.17) is 5.73 Å². The van der Waals surface area contributed by atoms with Gasteiger partial charge in [-0.2, -0.15) is 0 Å². The molecule has 0 amide bonds. The number of hydrogen-bond acceptors (Lipinski definition) is 2. The van der Waals surface area contributed by atoms with E-state index in [9.17, 15) is 0 Å². The van der Waals surface area contributed by atoms with Gasteiger partial charge < -0.3 is 10.6 Å². The number of aryl methyl sites for hydroxylation is 1. The zero-order chi connectivity index (χ0) is 15.5. The Bertz CT molecular complexity index is 349. The minimum atomic E-state index is 0.333. The quantitative estimate of drug-likeness (QED) is 0.879. The summed E-state index contributed by atoms with van der Waals surface area (Å²) in [6, 6.07) is 9.18. The van der Waals surface area contributed by atoms with E-state index in [1.165, 1.54) is 11.1 Å². The van der Waals surface area contributed by atoms with Gasteiger partial charge in [0.15, 0.2) is 0 Å². The van der Waals surface area contributed by atoms with Gasteiger partial charge in [0.05, 0.1) is 0 Å². The number of likely N-dealkylation sites (N-methyl/N-ethyl adjacent to an activating group) is 1. The van der Waals surface area contributed by atoms with E-state index in [2.05, 4.69) is 43.0 Å². The first-order chi connectivity index (χ1) is 9.69. The lowest BCUT2D eigenvalue weighted by molar-refractivity contribution is 0.197. The van der Waals surface area contributed by atoms with Crippen LogP contribution in [0.25, 0.3) is 0 Å². The maximum atomic E-state index is 6.12. The molecule has 2 unspecified atom stereocenters. The predicted octanol–water partition coefficient (Wildman–Crippen LogP) is 4.18. The van der Waals surface area contributed by atoms with E-state index < -0.39 is 0 Å². The monoisotopic (exact) mass is 278 g/mol. The second-order valence-electron chi connectivity index (χ2n) is 4.96. The molecule has 1 aromatic rings. The molecule has 0 aromatic heterocycles. The average molecular weight is 278 g/mol. The van der Waals surface area contributed by atoms with Gasteiger partial charge in [-0.05, 0) is 31.4 Å². The lowest BCUT2D eigenvalue weighted by Crippen LogP contribution is -2.45. The Labute approximate surface area is 126 Å². The van der Waals surface area contributed by atoms with Gasteiger partial charge in [-0.25, -0.2) is 0 Å². The standard InChI is InChI=1S/C14H22N2.2C2H6/c1-3-16-9-13(8-14(15)10-16)12-6-4-5-11(2)7-12;2*1-2/h4-7,13-14H,3,8-10,15H2,1-2H3;2*1-2H3. The molecule has 2 nitrogen and oxygen atoms in total. The number of rotatable bonds is 2. The van der Waals surface area contributed by atoms with Crippen molar-refractivity contribution in [3.05, 3.63) is 35.4 Å². The first-order valence-corrected chi connectivity index (χ1v) is 8.23. The minimum absolute atomic E-state index is 0.333. The summed E-state index contributed by atoms with van der Waals surface area (Å²) in [7, 11) is 0. The van der Waals surface area contributed by atoms with Crippen LogP contribution < -0.4 is 5.73 Å². The largest absolute Gasteiger partial charge is 0.327 e. The summed E-state index contributed by atoms with van der Waals surface area (Å²) in [5.74, 6) is 0.614. The molecule has 2 heteroatoms. The lowest BCUT2D eigenvalue weighted by atomic mass is 9.88. The first-order valence-electron chi connectivity index (χ1n) is 8.23. The molecular weight excluding hydrogens is 244 g/mol. The SMILES string of the molecule is CC.CC.CCN1CC(N)CC(c2cccc(C)c2)C1. The van der Waals surface area contributed by atoms with Crippen LogP contribution in [0.5, 0.6) is 0 Å². The Morgan fingerprint density at radius 2 is 1.80 bits per heavy atom. The van der Waals surface area contributed by atoms with Crippen molar-refractivity contribution in [3.8, 4) is 0 Å². The highest BCUT2D eigenvalue weighted by Crippen LogP contribution is 2.26. The zero-order valence-corrected chi connectivity index (χ0v) is 14.3. The summed E-state index contributed by atoms with van der Waals surface area (Å²) in [5, 5.41) is 0. The van der Waals surface area contributed by atoms with E-state index in [1.807, 2.05) is 27.7 Å². The molecule has 0 bridgehead atoms. The van der Waals surface area contributed by atoms with Crippen molar-refractivity contribution in [3.63, 3.8) is 0 Å². The van der Waals surface area contributed by atoms with Gasteiger partial charge in [-0.3, -0.25) is 0 Å². The van der Waals surface area contributed by atoms with Crippen LogP contribution in [0.1, 0.15) is 58.1 Å². The number of nitrogens with two attached hydrogens (primary N) is 1. The fraction of sp³-hybridized carbons (Fsp3) is 0.667. The van der Waals surface area contributed by atoms with E-state index in [-0.39, 0.29) is 0 Å². The van der Waals surface area contributed by atoms with Gasteiger partial charge in [0.2, 0.25) is 0 Å². The Hall–Kier alpha value is -0.860. The summed E-state index contributed by atoms with van der Waals surface area (Å²) in [6.07, 6.45) is 1.12. The van der Waals surface area contributed by atoms with Crippen LogP contribution in [-0.2, 0) is 0 Å². The molecule has 1 aromatic carbocycles. The predicted molar refractivity (Wildman–Crippen MR) is 91.3 cm³/mol. The third-order valence-corrected chi connectivity index (χ3v) is 3.52. The van der Waals surface area contributed by atoms with Crippen LogP contribution in [0.15, 0.2) is 24.3 Å². The van der Waals surface area contributed by atoms with E-state index in [1.54, 1.807) is 0 Å². The molecule has 1 aliphatic rings. The average Bonchev–Trinajstić information content (AvgIpc) is 2.50. The zero-order valence-electron chi connectivity index (χ0n) is 14.3. The second kappa shape index (κ2) is 10.9. The number of nitrogens with zero attached hydrogens (tertiary/aromatic N) is 1. The van der Waals surface area contributed by atoms with E-state index in [0.29, 0.717) is 12.0 Å². The number of hydrogen-bond donors (Lipinski definition) is 1. The van der Waals surface area contributed by atoms with E-state index >= 15 is 0 Å². The van der Waals surface area contributed by atoms with Crippen molar-refractivity contribution in [1.29, 1.82) is 0 Å². The van der Waals surface area contributed by atoms with Gasteiger partial charge in [0, 0.05) is 19.1 Å². The molecule has 0 aliphatic carbocycles. The Kier molecular flexibility index (Phi) is 10.4. The van der Waals surface area contributed by atoms with Crippen molar-refractivity contribution in [2.24, 2.45) is 5.73 Å². The Morgan fingerprint density at radius 3 is 2.35 bits per heavy atom. The van der Waals surface area contributed by atoms with Crippen LogP contribution in [-0.4, -0.2) is 30.6 Å². The van der Waals surface area contributed by atoms with Crippen LogP contribution in [0.3, 0.4) is 0 Å². The maximum absolute atomic E-state index is 6.12. The molecule has 0 saturated carbocycles. The number of benzene rings is 1. The van der Waals surface area contributed by atoms with Crippen molar-refractivity contribution in [1.82, 2.24) is 4.90 Å². The van der Waals surface area contributed by atoms with Gasteiger partial charge in [-0.1, -0.05) is 64.4 Å². The maximum Gasteiger partial charge on any atom is 0.0174 e. The topological polar surface area (TPSA) is 29.3 Å². The molecule has 1 saturated heterocycles. The van der Waals surface area contributed by atoms with Gasteiger partial charge in [-0.15, -0.1) is 0 Å². The summed E-state index contributed by atoms with van der Waals surface area (Å²) in [6.45, 7) is 15.7. The van der Waals surface area contributed by atoms with Crippen LogP contribution in [0.4, 0.5) is 0 Å². The molecule has 0 spiro atoms. The van der Waals surface area contributed by atoms with Gasteiger partial charge in [0.1, 0.15) is 0 Å². The Balaban J connectivity index is 0.000000829. The molecule has 1 heterocycles. The van der Waals surface area contributed by atoms with Crippen LogP contribution >= 0.6 is 0 Å². The van der Waals surface area contributed by atoms with Crippen LogP contribution in [0, 0.1) is 6.92 Å². The summed E-state index contributed by atoms with van der Waals surface area (Å²) in [5.41, 5.74) is 8.92. The normalized spacial score (nSPS) is 22.1. The number of likely N-dealkylation sites (tertiary alicyclic amines) is 1. The minimum Gasteiger partial charge on any atom is -0.327 e. The van der Waals surface area contributed by atoms with Crippen LogP contribution in [0.2, 0.25) is 0 Å². The fourth-order valence-electron chi connectivity index (χ4n) is 2.66. The Morgan fingerprint density at radius 1 is 1.15 bits per heavy atom. The highest BCUT2D eigenvalue weighted by molar-refractivity contribution is 5.26. The highest BCUT2D eigenvalue weighted by atomic mass is 15.1. The molecule has 0 radical (unpaired) electrons. The molecule has 2 rings (SSSR count). The van der Waals surface area contributed by atoms with Crippen molar-refractivity contribution in [2.75, 3.05) is 19.6 Å². The third kappa shape index (κ3) is 6.06. The summed E-state index contributed by atoms with van der Waals surface area (Å²) < 4.78 is 0. The molecule has 116 valence electrons. The van der Waals surface area contributed by atoms with Gasteiger partial charge >= 0.3 is 0 Å². The molecule has 2 atom stereocenters. The summed E-state index contributed by atoms with van der Waals surface area (Å²) in [4.78, 5) is 2.46. The fourth-order valence-corrected chi connectivity index (χ4v) is 2.66.